The summed E-state index contributed by atoms with van der Waals surface area (Å²) in [5.74, 6) is 0.200. The Morgan fingerprint density at radius 1 is 1.22 bits per heavy atom. The van der Waals surface area contributed by atoms with Gasteiger partial charge in [-0.15, -0.1) is 11.3 Å². The number of thiocarbonyl (C=S) groups is 1. The summed E-state index contributed by atoms with van der Waals surface area (Å²) in [7, 11) is 0. The summed E-state index contributed by atoms with van der Waals surface area (Å²) in [6.45, 7) is 3.80. The standard InChI is InChI=1S/C19H14ClN3O2S2/c1-10-11(2)27-18(14(10)9-21)23-19(26)22-17(24)16-8-7-15(25-16)12-3-5-13(20)6-4-12/h3-8H,1-2H3,(H2,22,23,24,26). The fourth-order valence-corrected chi connectivity index (χ4v) is 3.78. The van der Waals surface area contributed by atoms with E-state index in [0.717, 1.165) is 16.0 Å². The summed E-state index contributed by atoms with van der Waals surface area (Å²) >= 11 is 12.5. The number of thiophene rings is 1. The minimum Gasteiger partial charge on any atom is -0.451 e. The number of carbonyl (C=O) groups is 1. The van der Waals surface area contributed by atoms with E-state index in [4.69, 9.17) is 28.2 Å². The second kappa shape index (κ2) is 7.92. The van der Waals surface area contributed by atoms with Crippen molar-refractivity contribution in [3.05, 3.63) is 63.2 Å². The van der Waals surface area contributed by atoms with E-state index in [1.54, 1.807) is 36.4 Å². The highest BCUT2D eigenvalue weighted by molar-refractivity contribution is 7.80. The molecule has 136 valence electrons. The van der Waals surface area contributed by atoms with Crippen LogP contribution < -0.4 is 10.6 Å². The molecule has 27 heavy (non-hydrogen) atoms. The summed E-state index contributed by atoms with van der Waals surface area (Å²) in [6.07, 6.45) is 0. The normalized spacial score (nSPS) is 10.3. The van der Waals surface area contributed by atoms with Crippen LogP contribution in [0.25, 0.3) is 11.3 Å². The fraction of sp³-hybridized carbons (Fsp3) is 0.105. The Balaban J connectivity index is 1.69. The summed E-state index contributed by atoms with van der Waals surface area (Å²) < 4.78 is 5.60. The number of aryl methyl sites for hydroxylation is 1. The molecule has 0 aliphatic heterocycles. The Hall–Kier alpha value is -2.66. The number of hydrogen-bond acceptors (Lipinski definition) is 5. The molecule has 3 rings (SSSR count). The first-order valence-corrected chi connectivity index (χ1v) is 9.47. The molecule has 2 N–H and O–H groups in total. The first kappa shape index (κ1) is 19.1. The predicted molar refractivity (Wildman–Crippen MR) is 111 cm³/mol. The molecule has 0 radical (unpaired) electrons. The highest BCUT2D eigenvalue weighted by atomic mass is 35.5. The number of anilines is 1. The Morgan fingerprint density at radius 3 is 2.59 bits per heavy atom. The van der Waals surface area contributed by atoms with Crippen LogP contribution in [0.15, 0.2) is 40.8 Å². The van der Waals surface area contributed by atoms with Crippen LogP contribution in [0.1, 0.15) is 26.6 Å². The monoisotopic (exact) mass is 415 g/mol. The van der Waals surface area contributed by atoms with Crippen molar-refractivity contribution in [3.8, 4) is 17.4 Å². The van der Waals surface area contributed by atoms with Crippen LogP contribution in [0, 0.1) is 25.2 Å². The molecule has 1 amide bonds. The van der Waals surface area contributed by atoms with Crippen molar-refractivity contribution >= 4 is 51.2 Å². The lowest BCUT2D eigenvalue weighted by Crippen LogP contribution is -2.33. The van der Waals surface area contributed by atoms with Gasteiger partial charge in [0.1, 0.15) is 16.8 Å². The second-order valence-electron chi connectivity index (χ2n) is 5.68. The van der Waals surface area contributed by atoms with Crippen molar-refractivity contribution in [1.82, 2.24) is 5.32 Å². The average Bonchev–Trinajstić information content (AvgIpc) is 3.21. The number of nitrogens with one attached hydrogen (secondary N) is 2. The summed E-state index contributed by atoms with van der Waals surface area (Å²) in [5, 5.41) is 16.1. The van der Waals surface area contributed by atoms with Gasteiger partial charge in [0.25, 0.3) is 5.91 Å². The molecular formula is C19H14ClN3O2S2. The highest BCUT2D eigenvalue weighted by Crippen LogP contribution is 2.31. The van der Waals surface area contributed by atoms with Crippen LogP contribution in [-0.2, 0) is 0 Å². The van der Waals surface area contributed by atoms with Gasteiger partial charge in [-0.3, -0.25) is 10.1 Å². The quantitative estimate of drug-likeness (QED) is 0.569. The molecule has 0 saturated heterocycles. The first-order chi connectivity index (χ1) is 12.9. The molecule has 0 atom stereocenters. The van der Waals surface area contributed by atoms with Gasteiger partial charge in [0.15, 0.2) is 10.9 Å². The molecule has 3 aromatic rings. The number of nitrogens with zero attached hydrogens (tertiary/aromatic N) is 1. The molecular weight excluding hydrogens is 402 g/mol. The zero-order valence-electron chi connectivity index (χ0n) is 14.4. The van der Waals surface area contributed by atoms with E-state index < -0.39 is 5.91 Å². The van der Waals surface area contributed by atoms with Gasteiger partial charge in [-0.05, 0) is 68.0 Å². The second-order valence-corrected chi connectivity index (χ2v) is 7.75. The molecule has 0 fully saturated rings. The fourth-order valence-electron chi connectivity index (χ4n) is 2.38. The molecule has 0 aliphatic carbocycles. The number of nitriles is 1. The summed E-state index contributed by atoms with van der Waals surface area (Å²) in [6, 6.07) is 12.5. The third-order valence-electron chi connectivity index (χ3n) is 3.91. The number of benzene rings is 1. The zero-order chi connectivity index (χ0) is 19.6. The van der Waals surface area contributed by atoms with Crippen LogP contribution in [0.4, 0.5) is 5.00 Å². The molecule has 0 bridgehead atoms. The van der Waals surface area contributed by atoms with Gasteiger partial charge in [-0.2, -0.15) is 5.26 Å². The predicted octanol–water partition coefficient (Wildman–Crippen LogP) is 5.28. The van der Waals surface area contributed by atoms with Gasteiger partial charge in [-0.1, -0.05) is 11.6 Å². The van der Waals surface area contributed by atoms with Crippen LogP contribution in [0.5, 0.6) is 0 Å². The molecule has 1 aromatic carbocycles. The average molecular weight is 416 g/mol. The van der Waals surface area contributed by atoms with Gasteiger partial charge < -0.3 is 9.73 Å². The number of rotatable bonds is 3. The Morgan fingerprint density at radius 2 is 1.93 bits per heavy atom. The van der Waals surface area contributed by atoms with E-state index in [9.17, 15) is 10.1 Å². The lowest BCUT2D eigenvalue weighted by atomic mass is 10.2. The van der Waals surface area contributed by atoms with Crippen LogP contribution in [-0.4, -0.2) is 11.0 Å². The van der Waals surface area contributed by atoms with Gasteiger partial charge in [0, 0.05) is 15.5 Å². The molecule has 0 unspecified atom stereocenters. The van der Waals surface area contributed by atoms with Crippen LogP contribution in [0.2, 0.25) is 5.02 Å². The third kappa shape index (κ3) is 4.19. The maximum Gasteiger partial charge on any atom is 0.293 e. The molecule has 0 spiro atoms. The summed E-state index contributed by atoms with van der Waals surface area (Å²) in [5.41, 5.74) is 2.23. The van der Waals surface area contributed by atoms with E-state index in [1.165, 1.54) is 11.3 Å². The van der Waals surface area contributed by atoms with Gasteiger partial charge in [0.05, 0.1) is 5.56 Å². The van der Waals surface area contributed by atoms with Gasteiger partial charge >= 0.3 is 0 Å². The minimum absolute atomic E-state index is 0.0993. The lowest BCUT2D eigenvalue weighted by Gasteiger charge is -2.07. The highest BCUT2D eigenvalue weighted by Gasteiger charge is 2.17. The lowest BCUT2D eigenvalue weighted by molar-refractivity contribution is 0.0951. The SMILES string of the molecule is Cc1sc(NC(=S)NC(=O)c2ccc(-c3ccc(Cl)cc3)o2)c(C#N)c1C. The largest absolute Gasteiger partial charge is 0.451 e. The number of carbonyl (C=O) groups excluding carboxylic acids is 1. The van der Waals surface area contributed by atoms with E-state index in [1.807, 2.05) is 13.8 Å². The van der Waals surface area contributed by atoms with Crippen molar-refractivity contribution in [2.45, 2.75) is 13.8 Å². The van der Waals surface area contributed by atoms with Crippen molar-refractivity contribution < 1.29 is 9.21 Å². The molecule has 5 nitrogen and oxygen atoms in total. The number of halogens is 1. The smallest absolute Gasteiger partial charge is 0.293 e. The Bertz CT molecular complexity index is 1060. The first-order valence-electron chi connectivity index (χ1n) is 7.87. The topological polar surface area (TPSA) is 78.1 Å². The van der Waals surface area contributed by atoms with E-state index in [0.29, 0.717) is 21.3 Å². The Kier molecular flexibility index (Phi) is 5.61. The van der Waals surface area contributed by atoms with Crippen LogP contribution >= 0.6 is 35.2 Å². The maximum absolute atomic E-state index is 12.4. The zero-order valence-corrected chi connectivity index (χ0v) is 16.8. The van der Waals surface area contributed by atoms with E-state index >= 15 is 0 Å². The molecule has 2 heterocycles. The van der Waals surface area contributed by atoms with E-state index in [2.05, 4.69) is 16.7 Å². The van der Waals surface area contributed by atoms with Gasteiger partial charge in [-0.25, -0.2) is 0 Å². The van der Waals surface area contributed by atoms with E-state index in [-0.39, 0.29) is 10.9 Å². The van der Waals surface area contributed by atoms with Crippen molar-refractivity contribution in [1.29, 1.82) is 5.26 Å². The van der Waals surface area contributed by atoms with Crippen molar-refractivity contribution in [2.24, 2.45) is 0 Å². The Labute approximate surface area is 170 Å². The van der Waals surface area contributed by atoms with Crippen molar-refractivity contribution in [3.63, 3.8) is 0 Å². The molecule has 8 heteroatoms. The van der Waals surface area contributed by atoms with Crippen molar-refractivity contribution in [2.75, 3.05) is 5.32 Å². The third-order valence-corrected chi connectivity index (χ3v) is 5.49. The number of furan rings is 1. The van der Waals surface area contributed by atoms with Crippen LogP contribution in [0.3, 0.4) is 0 Å². The number of amides is 1. The van der Waals surface area contributed by atoms with Gasteiger partial charge in [0.2, 0.25) is 0 Å². The molecule has 2 aromatic heterocycles. The summed E-state index contributed by atoms with van der Waals surface area (Å²) in [4.78, 5) is 13.4. The minimum atomic E-state index is -0.476. The maximum atomic E-state index is 12.4. The number of hydrogen-bond donors (Lipinski definition) is 2. The molecule has 0 saturated carbocycles. The molecule has 0 aliphatic rings.